The van der Waals surface area contributed by atoms with Gasteiger partial charge in [-0.2, -0.15) is 0 Å². The summed E-state index contributed by atoms with van der Waals surface area (Å²) in [6.07, 6.45) is 0. The van der Waals surface area contributed by atoms with Crippen LogP contribution in [0.2, 0.25) is 5.02 Å². The Kier molecular flexibility index (Phi) is 5.45. The van der Waals surface area contributed by atoms with Gasteiger partial charge in [-0.25, -0.2) is 0 Å². The molecule has 2 N–H and O–H groups in total. The number of carbonyl (C=O) groups excluding carboxylic acids is 1. The van der Waals surface area contributed by atoms with Gasteiger partial charge in [-0.1, -0.05) is 31.5 Å². The van der Waals surface area contributed by atoms with E-state index in [1.807, 2.05) is 13.0 Å². The SMILES string of the molecule is Cc1ccc(C(=O)NCCNC(C)C)cc1Cl. The Bertz CT molecular complexity index is 391. The van der Waals surface area contributed by atoms with Crippen molar-refractivity contribution in [1.29, 1.82) is 0 Å². The summed E-state index contributed by atoms with van der Waals surface area (Å²) in [5.41, 5.74) is 1.58. The fraction of sp³-hybridized carbons (Fsp3) is 0.462. The van der Waals surface area contributed by atoms with Crippen LogP contribution >= 0.6 is 11.6 Å². The van der Waals surface area contributed by atoms with Crippen LogP contribution in [0.15, 0.2) is 18.2 Å². The van der Waals surface area contributed by atoms with Crippen LogP contribution in [0, 0.1) is 6.92 Å². The average molecular weight is 255 g/mol. The van der Waals surface area contributed by atoms with Crippen LogP contribution in [0.4, 0.5) is 0 Å². The summed E-state index contributed by atoms with van der Waals surface area (Å²) in [6.45, 7) is 7.44. The van der Waals surface area contributed by atoms with E-state index in [0.29, 0.717) is 23.2 Å². The van der Waals surface area contributed by atoms with Crippen LogP contribution in [0.5, 0.6) is 0 Å². The third-order valence-corrected chi connectivity index (χ3v) is 2.80. The van der Waals surface area contributed by atoms with Gasteiger partial charge in [0.15, 0.2) is 0 Å². The summed E-state index contributed by atoms with van der Waals surface area (Å²) in [7, 11) is 0. The van der Waals surface area contributed by atoms with E-state index in [1.165, 1.54) is 0 Å². The second kappa shape index (κ2) is 6.62. The number of amides is 1. The van der Waals surface area contributed by atoms with Crippen molar-refractivity contribution < 1.29 is 4.79 Å². The lowest BCUT2D eigenvalue weighted by atomic mass is 10.1. The monoisotopic (exact) mass is 254 g/mol. The number of benzene rings is 1. The first-order chi connectivity index (χ1) is 8.00. The molecule has 0 aliphatic rings. The van der Waals surface area contributed by atoms with Crippen molar-refractivity contribution in [3.8, 4) is 0 Å². The van der Waals surface area contributed by atoms with Crippen LogP contribution in [0.1, 0.15) is 29.8 Å². The molecule has 0 aliphatic heterocycles. The second-order valence-corrected chi connectivity index (χ2v) is 4.74. The molecule has 94 valence electrons. The predicted octanol–water partition coefficient (Wildman–Crippen LogP) is 2.38. The molecule has 3 nitrogen and oxygen atoms in total. The third-order valence-electron chi connectivity index (χ3n) is 2.40. The molecule has 1 rings (SSSR count). The van der Waals surface area contributed by atoms with E-state index in [0.717, 1.165) is 12.1 Å². The zero-order chi connectivity index (χ0) is 12.8. The molecule has 0 radical (unpaired) electrons. The van der Waals surface area contributed by atoms with Gasteiger partial charge >= 0.3 is 0 Å². The van der Waals surface area contributed by atoms with E-state index in [2.05, 4.69) is 24.5 Å². The second-order valence-electron chi connectivity index (χ2n) is 4.33. The first kappa shape index (κ1) is 14.0. The van der Waals surface area contributed by atoms with Crippen LogP contribution in [-0.4, -0.2) is 25.0 Å². The maximum Gasteiger partial charge on any atom is 0.251 e. The lowest BCUT2D eigenvalue weighted by molar-refractivity contribution is 0.0953. The maximum atomic E-state index is 11.8. The summed E-state index contributed by atoms with van der Waals surface area (Å²) in [5, 5.41) is 6.70. The molecule has 1 aromatic carbocycles. The summed E-state index contributed by atoms with van der Waals surface area (Å²) >= 11 is 5.97. The number of nitrogens with one attached hydrogen (secondary N) is 2. The molecule has 0 unspecified atom stereocenters. The Morgan fingerprint density at radius 1 is 1.35 bits per heavy atom. The highest BCUT2D eigenvalue weighted by Crippen LogP contribution is 2.16. The Balaban J connectivity index is 2.44. The largest absolute Gasteiger partial charge is 0.351 e. The Morgan fingerprint density at radius 3 is 2.65 bits per heavy atom. The Morgan fingerprint density at radius 2 is 2.06 bits per heavy atom. The molecule has 0 aromatic heterocycles. The van der Waals surface area contributed by atoms with Crippen molar-refractivity contribution in [3.63, 3.8) is 0 Å². The highest BCUT2D eigenvalue weighted by Gasteiger charge is 2.06. The van der Waals surface area contributed by atoms with Gasteiger partial charge in [-0.15, -0.1) is 0 Å². The van der Waals surface area contributed by atoms with E-state index in [-0.39, 0.29) is 5.91 Å². The van der Waals surface area contributed by atoms with Gasteiger partial charge < -0.3 is 10.6 Å². The number of hydrogen-bond acceptors (Lipinski definition) is 2. The average Bonchev–Trinajstić information content (AvgIpc) is 2.27. The van der Waals surface area contributed by atoms with E-state index < -0.39 is 0 Å². The molecule has 4 heteroatoms. The molecular formula is C13H19ClN2O. The minimum Gasteiger partial charge on any atom is -0.351 e. The lowest BCUT2D eigenvalue weighted by Crippen LogP contribution is -2.34. The molecule has 1 amide bonds. The number of halogens is 1. The van der Waals surface area contributed by atoms with Gasteiger partial charge in [-0.3, -0.25) is 4.79 Å². The molecule has 0 saturated heterocycles. The van der Waals surface area contributed by atoms with Crippen LogP contribution < -0.4 is 10.6 Å². The molecule has 0 heterocycles. The number of aryl methyl sites for hydroxylation is 1. The first-order valence-corrected chi connectivity index (χ1v) is 6.16. The summed E-state index contributed by atoms with van der Waals surface area (Å²) in [6, 6.07) is 5.76. The topological polar surface area (TPSA) is 41.1 Å². The molecule has 0 bridgehead atoms. The molecule has 0 aliphatic carbocycles. The zero-order valence-corrected chi connectivity index (χ0v) is 11.3. The van der Waals surface area contributed by atoms with E-state index in [9.17, 15) is 4.79 Å². The standard InChI is InChI=1S/C13H19ClN2O/c1-9(2)15-6-7-16-13(17)11-5-4-10(3)12(14)8-11/h4-5,8-9,15H,6-7H2,1-3H3,(H,16,17). The van der Waals surface area contributed by atoms with E-state index in [1.54, 1.807) is 12.1 Å². The first-order valence-electron chi connectivity index (χ1n) is 5.78. The predicted molar refractivity (Wildman–Crippen MR) is 71.7 cm³/mol. The number of hydrogen-bond donors (Lipinski definition) is 2. The van der Waals surface area contributed by atoms with Gasteiger partial charge in [0, 0.05) is 29.7 Å². The summed E-state index contributed by atoms with van der Waals surface area (Å²) < 4.78 is 0. The normalized spacial score (nSPS) is 10.6. The van der Waals surface area contributed by atoms with Crippen molar-refractivity contribution >= 4 is 17.5 Å². The Hall–Kier alpha value is -1.06. The lowest BCUT2D eigenvalue weighted by Gasteiger charge is -2.09. The van der Waals surface area contributed by atoms with Crippen molar-refractivity contribution in [2.45, 2.75) is 26.8 Å². The van der Waals surface area contributed by atoms with Crippen LogP contribution in [-0.2, 0) is 0 Å². The highest BCUT2D eigenvalue weighted by molar-refractivity contribution is 6.31. The smallest absolute Gasteiger partial charge is 0.251 e. The quantitative estimate of drug-likeness (QED) is 0.793. The number of carbonyl (C=O) groups is 1. The molecule has 1 aromatic rings. The van der Waals surface area contributed by atoms with Gasteiger partial charge in [-0.05, 0) is 24.6 Å². The van der Waals surface area contributed by atoms with Gasteiger partial charge in [0.25, 0.3) is 5.91 Å². The number of rotatable bonds is 5. The van der Waals surface area contributed by atoms with Gasteiger partial charge in [0.05, 0.1) is 0 Å². The van der Waals surface area contributed by atoms with Crippen LogP contribution in [0.25, 0.3) is 0 Å². The fourth-order valence-electron chi connectivity index (χ4n) is 1.37. The summed E-state index contributed by atoms with van der Waals surface area (Å²) in [5.74, 6) is -0.0857. The minimum atomic E-state index is -0.0857. The van der Waals surface area contributed by atoms with Crippen molar-refractivity contribution in [2.75, 3.05) is 13.1 Å². The third kappa shape index (κ3) is 4.75. The minimum absolute atomic E-state index is 0.0857. The van der Waals surface area contributed by atoms with Crippen molar-refractivity contribution in [2.24, 2.45) is 0 Å². The molecule has 0 saturated carbocycles. The summed E-state index contributed by atoms with van der Waals surface area (Å²) in [4.78, 5) is 11.8. The molecule has 0 fully saturated rings. The molecule has 0 atom stereocenters. The van der Waals surface area contributed by atoms with Crippen molar-refractivity contribution in [1.82, 2.24) is 10.6 Å². The Labute approximate surface area is 108 Å². The van der Waals surface area contributed by atoms with Crippen LogP contribution in [0.3, 0.4) is 0 Å². The van der Waals surface area contributed by atoms with E-state index >= 15 is 0 Å². The van der Waals surface area contributed by atoms with Gasteiger partial charge in [0.2, 0.25) is 0 Å². The van der Waals surface area contributed by atoms with Gasteiger partial charge in [0.1, 0.15) is 0 Å². The maximum absolute atomic E-state index is 11.8. The molecule has 17 heavy (non-hydrogen) atoms. The zero-order valence-electron chi connectivity index (χ0n) is 10.5. The van der Waals surface area contributed by atoms with E-state index in [4.69, 9.17) is 11.6 Å². The molecular weight excluding hydrogens is 236 g/mol. The highest BCUT2D eigenvalue weighted by atomic mass is 35.5. The van der Waals surface area contributed by atoms with Crippen molar-refractivity contribution in [3.05, 3.63) is 34.3 Å². The fourth-order valence-corrected chi connectivity index (χ4v) is 1.55. The molecule has 0 spiro atoms.